The van der Waals surface area contributed by atoms with Crippen molar-refractivity contribution < 1.29 is 89.4 Å². The molecule has 1 amide bonds. The van der Waals surface area contributed by atoms with Crippen molar-refractivity contribution in [2.75, 3.05) is 26.4 Å². The molecule has 0 aromatic heterocycles. The zero-order chi connectivity index (χ0) is 46.3. The number of aliphatic hydroxyl groups excluding tert-OH is 11. The van der Waals surface area contributed by atoms with E-state index in [4.69, 9.17) is 28.4 Å². The Morgan fingerprint density at radius 2 is 1.02 bits per heavy atom. The van der Waals surface area contributed by atoms with E-state index in [1.165, 1.54) is 12.8 Å². The minimum Gasteiger partial charge on any atom is -0.394 e. The lowest BCUT2D eigenvalue weighted by molar-refractivity contribution is -0.379. The molecule has 366 valence electrons. The van der Waals surface area contributed by atoms with E-state index in [-0.39, 0.29) is 18.9 Å². The molecule has 0 spiro atoms. The summed E-state index contributed by atoms with van der Waals surface area (Å²) < 4.78 is 33.9. The molecule has 19 heteroatoms. The highest BCUT2D eigenvalue weighted by Crippen LogP contribution is 2.33. The Labute approximate surface area is 370 Å². The fraction of sp³-hybridized carbons (Fsp3) is 0.841. The molecule has 3 saturated heterocycles. The molecule has 0 aromatic rings. The number of carbonyl (C=O) groups is 1. The smallest absolute Gasteiger partial charge is 0.220 e. The van der Waals surface area contributed by atoms with E-state index in [0.717, 1.165) is 57.8 Å². The Balaban J connectivity index is 1.62. The SMILES string of the molecule is CCCC/C=C/CC/C=C/CC/C=C/C(O)C(COC1OC(CO)C(OC2OC(CO)C(OC3OC(CO)C(O)C(O)C3O)C(O)C2O)C(O)C1O)NC(=O)CCCCCCCC. The summed E-state index contributed by atoms with van der Waals surface area (Å²) in [6.07, 6.45) is -2.09. The first-order valence-electron chi connectivity index (χ1n) is 22.7. The monoisotopic (exact) mass is 908 g/mol. The third-order valence-corrected chi connectivity index (χ3v) is 11.4. The van der Waals surface area contributed by atoms with Gasteiger partial charge >= 0.3 is 0 Å². The lowest BCUT2D eigenvalue weighted by Gasteiger charge is -2.48. The summed E-state index contributed by atoms with van der Waals surface area (Å²) in [6, 6.07) is -0.987. The van der Waals surface area contributed by atoms with Crippen LogP contribution in [0.15, 0.2) is 36.5 Å². The number of amides is 1. The van der Waals surface area contributed by atoms with Gasteiger partial charge in [-0.05, 0) is 38.5 Å². The molecule has 12 N–H and O–H groups in total. The third kappa shape index (κ3) is 17.6. The van der Waals surface area contributed by atoms with Gasteiger partial charge in [-0.25, -0.2) is 0 Å². The van der Waals surface area contributed by atoms with Crippen LogP contribution in [0.1, 0.15) is 104 Å². The van der Waals surface area contributed by atoms with Crippen molar-refractivity contribution in [3.63, 3.8) is 0 Å². The minimum absolute atomic E-state index is 0.228. The lowest BCUT2D eigenvalue weighted by Crippen LogP contribution is -2.66. The first-order valence-corrected chi connectivity index (χ1v) is 22.7. The molecule has 3 aliphatic rings. The lowest BCUT2D eigenvalue weighted by atomic mass is 9.96. The van der Waals surface area contributed by atoms with Crippen LogP contribution in [-0.4, -0.2) is 193 Å². The fourth-order valence-corrected chi connectivity index (χ4v) is 7.50. The van der Waals surface area contributed by atoms with Crippen LogP contribution in [0.25, 0.3) is 0 Å². The number of hydrogen-bond acceptors (Lipinski definition) is 18. The van der Waals surface area contributed by atoms with Crippen molar-refractivity contribution in [2.24, 2.45) is 0 Å². The first kappa shape index (κ1) is 55.3. The molecular weight excluding hydrogens is 830 g/mol. The molecule has 0 radical (unpaired) electrons. The Morgan fingerprint density at radius 3 is 1.57 bits per heavy atom. The average Bonchev–Trinajstić information content (AvgIpc) is 3.28. The van der Waals surface area contributed by atoms with Gasteiger partial charge in [0, 0.05) is 6.42 Å². The second kappa shape index (κ2) is 30.3. The van der Waals surface area contributed by atoms with Crippen LogP contribution in [0.3, 0.4) is 0 Å². The van der Waals surface area contributed by atoms with E-state index in [9.17, 15) is 61.0 Å². The van der Waals surface area contributed by atoms with Crippen LogP contribution in [0.5, 0.6) is 0 Å². The second-order valence-corrected chi connectivity index (χ2v) is 16.5. The maximum Gasteiger partial charge on any atom is 0.220 e. The molecule has 3 rings (SSSR count). The summed E-state index contributed by atoms with van der Waals surface area (Å²) in [4.78, 5) is 13.0. The van der Waals surface area contributed by atoms with Gasteiger partial charge in [0.25, 0.3) is 0 Å². The van der Waals surface area contributed by atoms with Crippen molar-refractivity contribution in [3.05, 3.63) is 36.5 Å². The Bertz CT molecular complexity index is 1320. The number of unbranched alkanes of at least 4 members (excludes halogenated alkanes) is 9. The van der Waals surface area contributed by atoms with E-state index in [1.807, 2.05) is 0 Å². The summed E-state index contributed by atoms with van der Waals surface area (Å²) >= 11 is 0. The van der Waals surface area contributed by atoms with Gasteiger partial charge in [0.05, 0.1) is 38.6 Å². The number of allylic oxidation sites excluding steroid dienone is 5. The normalized spacial score (nSPS) is 35.2. The second-order valence-electron chi connectivity index (χ2n) is 16.5. The van der Waals surface area contributed by atoms with Gasteiger partial charge in [0.15, 0.2) is 18.9 Å². The van der Waals surface area contributed by atoms with E-state index in [2.05, 4.69) is 43.5 Å². The topological polar surface area (TPSA) is 307 Å². The van der Waals surface area contributed by atoms with Crippen molar-refractivity contribution in [2.45, 2.75) is 208 Å². The largest absolute Gasteiger partial charge is 0.394 e. The van der Waals surface area contributed by atoms with E-state index in [1.54, 1.807) is 12.2 Å². The molecule has 0 bridgehead atoms. The number of nitrogens with one attached hydrogen (secondary N) is 1. The van der Waals surface area contributed by atoms with E-state index in [0.29, 0.717) is 12.8 Å². The number of ether oxygens (including phenoxy) is 6. The van der Waals surface area contributed by atoms with Crippen LogP contribution < -0.4 is 5.32 Å². The molecule has 0 aromatic carbocycles. The number of aliphatic hydroxyl groups is 11. The molecule has 0 aliphatic carbocycles. The number of hydrogen-bond donors (Lipinski definition) is 12. The molecule has 17 atom stereocenters. The van der Waals surface area contributed by atoms with Crippen molar-refractivity contribution in [1.29, 1.82) is 0 Å². The molecule has 17 unspecified atom stereocenters. The fourth-order valence-electron chi connectivity index (χ4n) is 7.50. The van der Waals surface area contributed by atoms with Crippen molar-refractivity contribution in [1.82, 2.24) is 5.32 Å². The predicted octanol–water partition coefficient (Wildman–Crippen LogP) is -0.533. The number of carbonyl (C=O) groups excluding carboxylic acids is 1. The van der Waals surface area contributed by atoms with Gasteiger partial charge in [-0.3, -0.25) is 4.79 Å². The third-order valence-electron chi connectivity index (χ3n) is 11.4. The van der Waals surface area contributed by atoms with E-state index < -0.39 is 124 Å². The van der Waals surface area contributed by atoms with Crippen LogP contribution in [0.4, 0.5) is 0 Å². The Hall–Kier alpha value is -1.99. The molecule has 3 heterocycles. The predicted molar refractivity (Wildman–Crippen MR) is 226 cm³/mol. The maximum atomic E-state index is 13.0. The summed E-state index contributed by atoms with van der Waals surface area (Å²) in [6.45, 7) is 1.49. The Morgan fingerprint density at radius 1 is 0.556 bits per heavy atom. The molecule has 19 nitrogen and oxygen atoms in total. The minimum atomic E-state index is -1.98. The molecule has 3 aliphatic heterocycles. The zero-order valence-electron chi connectivity index (χ0n) is 36.8. The van der Waals surface area contributed by atoms with Gasteiger partial charge in [-0.2, -0.15) is 0 Å². The Kier molecular flexibility index (Phi) is 26.6. The average molecular weight is 908 g/mol. The summed E-state index contributed by atoms with van der Waals surface area (Å²) in [5.74, 6) is -0.305. The summed E-state index contributed by atoms with van der Waals surface area (Å²) in [7, 11) is 0. The van der Waals surface area contributed by atoms with Gasteiger partial charge < -0.3 is 89.9 Å². The van der Waals surface area contributed by atoms with Crippen LogP contribution in [-0.2, 0) is 33.2 Å². The highest BCUT2D eigenvalue weighted by atomic mass is 16.8. The summed E-state index contributed by atoms with van der Waals surface area (Å²) in [5, 5.41) is 119. The van der Waals surface area contributed by atoms with Crippen molar-refractivity contribution in [3.8, 4) is 0 Å². The van der Waals surface area contributed by atoms with Gasteiger partial charge in [-0.15, -0.1) is 0 Å². The number of rotatable bonds is 29. The van der Waals surface area contributed by atoms with Crippen LogP contribution >= 0.6 is 0 Å². The molecule has 0 saturated carbocycles. The highest BCUT2D eigenvalue weighted by molar-refractivity contribution is 5.76. The van der Waals surface area contributed by atoms with Gasteiger partial charge in [0.2, 0.25) is 5.91 Å². The maximum absolute atomic E-state index is 13.0. The van der Waals surface area contributed by atoms with Crippen LogP contribution in [0, 0.1) is 0 Å². The van der Waals surface area contributed by atoms with Crippen LogP contribution in [0.2, 0.25) is 0 Å². The quantitative estimate of drug-likeness (QED) is 0.0332. The standard InChI is InChI=1S/C44H77NO18/c1-3-5-7-9-11-12-13-14-15-16-17-19-21-28(49)27(45-32(50)22-20-18-10-8-6-4-2)26-58-42-38(56)35(53)40(30(24-47)60-42)63-44-39(57)36(54)41(31(25-48)61-44)62-43-37(55)34(52)33(51)29(23-46)59-43/h9,11,14-15,19,21,27-31,33-44,46-49,51-57H,3-8,10,12-13,16-18,20,22-26H2,1-2H3,(H,45,50)/b11-9+,15-14+,21-19+. The molecule has 63 heavy (non-hydrogen) atoms. The highest BCUT2D eigenvalue weighted by Gasteiger charge is 2.53. The first-order chi connectivity index (χ1) is 30.3. The van der Waals surface area contributed by atoms with E-state index >= 15 is 0 Å². The van der Waals surface area contributed by atoms with Gasteiger partial charge in [0.1, 0.15) is 73.2 Å². The van der Waals surface area contributed by atoms with Crippen molar-refractivity contribution >= 4 is 5.91 Å². The molecule has 3 fully saturated rings. The zero-order valence-corrected chi connectivity index (χ0v) is 36.8. The summed E-state index contributed by atoms with van der Waals surface area (Å²) in [5.41, 5.74) is 0. The van der Waals surface area contributed by atoms with Gasteiger partial charge in [-0.1, -0.05) is 95.2 Å². The molecular formula is C44H77NO18.